The van der Waals surface area contributed by atoms with Crippen LogP contribution in [0.3, 0.4) is 0 Å². The SMILES string of the molecule is C=CCN1C=CN(CC)C1OS(=O)(=O)CC=C. The van der Waals surface area contributed by atoms with Crippen LogP contribution in [-0.2, 0) is 14.3 Å². The third-order valence-corrected chi connectivity index (χ3v) is 3.39. The average Bonchev–Trinajstić information content (AvgIpc) is 2.61. The van der Waals surface area contributed by atoms with Crippen LogP contribution in [0.4, 0.5) is 0 Å². The average molecular weight is 258 g/mol. The molecule has 0 saturated carbocycles. The maximum atomic E-state index is 11.6. The molecule has 1 heterocycles. The van der Waals surface area contributed by atoms with E-state index < -0.39 is 16.5 Å². The van der Waals surface area contributed by atoms with Gasteiger partial charge in [0.15, 0.2) is 0 Å². The van der Waals surface area contributed by atoms with Crippen LogP contribution in [0.5, 0.6) is 0 Å². The summed E-state index contributed by atoms with van der Waals surface area (Å²) < 4.78 is 28.3. The fourth-order valence-corrected chi connectivity index (χ4v) is 2.35. The van der Waals surface area contributed by atoms with Gasteiger partial charge in [-0.2, -0.15) is 8.42 Å². The van der Waals surface area contributed by atoms with Crippen LogP contribution in [0.1, 0.15) is 6.92 Å². The molecule has 6 heteroatoms. The van der Waals surface area contributed by atoms with Crippen LogP contribution in [0.15, 0.2) is 37.7 Å². The summed E-state index contributed by atoms with van der Waals surface area (Å²) in [5, 5.41) is 0. The molecule has 0 N–H and O–H groups in total. The predicted octanol–water partition coefficient (Wildman–Crippen LogP) is 1.10. The molecule has 1 unspecified atom stereocenters. The maximum Gasteiger partial charge on any atom is 0.274 e. The van der Waals surface area contributed by atoms with Crippen molar-refractivity contribution in [2.24, 2.45) is 0 Å². The number of hydrogen-bond acceptors (Lipinski definition) is 5. The molecule has 1 aliphatic rings. The highest BCUT2D eigenvalue weighted by Gasteiger charge is 2.29. The van der Waals surface area contributed by atoms with E-state index in [1.165, 1.54) is 6.08 Å². The summed E-state index contributed by atoms with van der Waals surface area (Å²) in [6.07, 6.45) is 5.98. The van der Waals surface area contributed by atoms with E-state index in [1.807, 2.05) is 6.92 Å². The Bertz CT molecular complexity index is 403. The van der Waals surface area contributed by atoms with E-state index in [0.29, 0.717) is 13.1 Å². The lowest BCUT2D eigenvalue weighted by Crippen LogP contribution is -2.42. The molecular weight excluding hydrogens is 240 g/mol. The quantitative estimate of drug-likeness (QED) is 0.505. The number of hydrogen-bond donors (Lipinski definition) is 0. The highest BCUT2D eigenvalue weighted by atomic mass is 32.2. The Morgan fingerprint density at radius 3 is 2.47 bits per heavy atom. The molecule has 0 amide bonds. The van der Waals surface area contributed by atoms with Crippen LogP contribution in [0.25, 0.3) is 0 Å². The van der Waals surface area contributed by atoms with E-state index in [0.717, 1.165) is 0 Å². The molecule has 0 radical (unpaired) electrons. The van der Waals surface area contributed by atoms with Gasteiger partial charge >= 0.3 is 0 Å². The first-order chi connectivity index (χ1) is 8.04. The topological polar surface area (TPSA) is 49.9 Å². The molecule has 0 fully saturated rings. The molecule has 0 aromatic carbocycles. The normalized spacial score (nSPS) is 19.7. The van der Waals surface area contributed by atoms with Crippen molar-refractivity contribution < 1.29 is 12.6 Å². The van der Waals surface area contributed by atoms with E-state index in [1.54, 1.807) is 28.3 Å². The molecule has 0 aliphatic carbocycles. The van der Waals surface area contributed by atoms with Gasteiger partial charge in [0.1, 0.15) is 0 Å². The summed E-state index contributed by atoms with van der Waals surface area (Å²) in [5.74, 6) is -0.191. The summed E-state index contributed by atoms with van der Waals surface area (Å²) in [6.45, 7) is 10.1. The molecule has 96 valence electrons. The van der Waals surface area contributed by atoms with Gasteiger partial charge in [0.25, 0.3) is 10.1 Å². The van der Waals surface area contributed by atoms with Crippen LogP contribution < -0.4 is 0 Å². The molecule has 1 aliphatic heterocycles. The van der Waals surface area contributed by atoms with Crippen LogP contribution in [0.2, 0.25) is 0 Å². The lowest BCUT2D eigenvalue weighted by molar-refractivity contribution is -0.0125. The third-order valence-electron chi connectivity index (χ3n) is 2.28. The van der Waals surface area contributed by atoms with Crippen molar-refractivity contribution in [3.8, 4) is 0 Å². The Morgan fingerprint density at radius 1 is 1.29 bits per heavy atom. The molecular formula is C11H18N2O3S. The van der Waals surface area contributed by atoms with Crippen molar-refractivity contribution in [1.82, 2.24) is 9.80 Å². The van der Waals surface area contributed by atoms with Crippen molar-refractivity contribution in [3.05, 3.63) is 37.7 Å². The van der Waals surface area contributed by atoms with Crippen LogP contribution >= 0.6 is 0 Å². The maximum absolute atomic E-state index is 11.6. The van der Waals surface area contributed by atoms with Crippen molar-refractivity contribution in [1.29, 1.82) is 0 Å². The van der Waals surface area contributed by atoms with Gasteiger partial charge < -0.3 is 9.80 Å². The Morgan fingerprint density at radius 2 is 1.94 bits per heavy atom. The number of rotatable bonds is 7. The Kier molecular flexibility index (Phi) is 4.77. The predicted molar refractivity (Wildman–Crippen MR) is 67.3 cm³/mol. The standard InChI is InChI=1S/C11H18N2O3S/c1-4-7-13-9-8-12(6-3)11(13)16-17(14,15)10-5-2/h4-5,8-9,11H,1-2,6-7,10H2,3H3. The zero-order valence-corrected chi connectivity index (χ0v) is 10.8. The van der Waals surface area contributed by atoms with Crippen LogP contribution in [-0.4, -0.2) is 43.4 Å². The first-order valence-corrected chi connectivity index (χ1v) is 6.94. The zero-order chi connectivity index (χ0) is 12.9. The number of nitrogens with zero attached hydrogens (tertiary/aromatic N) is 2. The smallest absolute Gasteiger partial charge is 0.274 e. The molecule has 0 saturated heterocycles. The molecule has 1 rings (SSSR count). The van der Waals surface area contributed by atoms with Crippen molar-refractivity contribution in [3.63, 3.8) is 0 Å². The second-order valence-electron chi connectivity index (χ2n) is 3.55. The Labute approximate surface area is 103 Å². The fourth-order valence-electron chi connectivity index (χ4n) is 1.50. The third kappa shape index (κ3) is 3.61. The zero-order valence-electron chi connectivity index (χ0n) is 9.95. The second kappa shape index (κ2) is 5.88. The summed E-state index contributed by atoms with van der Waals surface area (Å²) in [5.41, 5.74) is 0. The molecule has 5 nitrogen and oxygen atoms in total. The Balaban J connectivity index is 2.77. The van der Waals surface area contributed by atoms with Crippen molar-refractivity contribution in [2.45, 2.75) is 13.3 Å². The van der Waals surface area contributed by atoms with Gasteiger partial charge in [0.05, 0.1) is 5.75 Å². The van der Waals surface area contributed by atoms with Gasteiger partial charge in [0.2, 0.25) is 6.35 Å². The monoisotopic (exact) mass is 258 g/mol. The first-order valence-electron chi connectivity index (χ1n) is 5.36. The minimum absolute atomic E-state index is 0.191. The lowest BCUT2D eigenvalue weighted by Gasteiger charge is -2.30. The fraction of sp³-hybridized carbons (Fsp3) is 0.455. The van der Waals surface area contributed by atoms with Crippen molar-refractivity contribution in [2.75, 3.05) is 18.8 Å². The van der Waals surface area contributed by atoms with Gasteiger partial charge in [0, 0.05) is 25.5 Å². The van der Waals surface area contributed by atoms with Gasteiger partial charge in [-0.15, -0.1) is 13.2 Å². The van der Waals surface area contributed by atoms with Gasteiger partial charge in [-0.1, -0.05) is 12.2 Å². The van der Waals surface area contributed by atoms with Crippen LogP contribution in [0, 0.1) is 0 Å². The summed E-state index contributed by atoms with van der Waals surface area (Å²) >= 11 is 0. The summed E-state index contributed by atoms with van der Waals surface area (Å²) in [6, 6.07) is 0. The molecule has 0 aromatic heterocycles. The second-order valence-corrected chi connectivity index (χ2v) is 5.19. The minimum Gasteiger partial charge on any atom is -0.333 e. The molecule has 1 atom stereocenters. The molecule has 17 heavy (non-hydrogen) atoms. The van der Waals surface area contributed by atoms with Gasteiger partial charge in [-0.3, -0.25) is 0 Å². The first kappa shape index (κ1) is 13.8. The Hall–Kier alpha value is -1.27. The van der Waals surface area contributed by atoms with E-state index in [2.05, 4.69) is 13.2 Å². The summed E-state index contributed by atoms with van der Waals surface area (Å²) in [4.78, 5) is 3.56. The summed E-state index contributed by atoms with van der Waals surface area (Å²) in [7, 11) is -3.58. The largest absolute Gasteiger partial charge is 0.333 e. The van der Waals surface area contributed by atoms with E-state index in [-0.39, 0.29) is 5.75 Å². The van der Waals surface area contributed by atoms with E-state index >= 15 is 0 Å². The highest BCUT2D eigenvalue weighted by molar-refractivity contribution is 7.86. The lowest BCUT2D eigenvalue weighted by atomic mass is 10.5. The highest BCUT2D eigenvalue weighted by Crippen LogP contribution is 2.18. The molecule has 0 spiro atoms. The van der Waals surface area contributed by atoms with E-state index in [9.17, 15) is 8.42 Å². The van der Waals surface area contributed by atoms with Crippen molar-refractivity contribution >= 4 is 10.1 Å². The van der Waals surface area contributed by atoms with Gasteiger partial charge in [-0.05, 0) is 6.92 Å². The molecule has 0 bridgehead atoms. The van der Waals surface area contributed by atoms with E-state index in [4.69, 9.17) is 4.18 Å². The molecule has 0 aromatic rings. The minimum atomic E-state index is -3.58. The van der Waals surface area contributed by atoms with Gasteiger partial charge in [-0.25, -0.2) is 4.18 Å².